The second kappa shape index (κ2) is 4.34. The topological polar surface area (TPSA) is 71.4 Å². The monoisotopic (exact) mass is 320 g/mol. The third-order valence-corrected chi connectivity index (χ3v) is 5.18. The molecule has 23 heavy (non-hydrogen) atoms. The number of alkyl halides is 2. The van der Waals surface area contributed by atoms with Gasteiger partial charge in [-0.25, -0.2) is 0 Å². The minimum atomic E-state index is -3.69. The maximum Gasteiger partial charge on any atom is 0.586 e. The van der Waals surface area contributed by atoms with E-state index in [1.54, 1.807) is 0 Å². The van der Waals surface area contributed by atoms with E-state index in [2.05, 4.69) is 20.9 Å². The molecule has 0 bridgehead atoms. The van der Waals surface area contributed by atoms with E-state index in [0.717, 1.165) is 25.7 Å². The average Bonchev–Trinajstić information content (AvgIpc) is 2.76. The van der Waals surface area contributed by atoms with E-state index in [1.165, 1.54) is 18.2 Å². The zero-order valence-electron chi connectivity index (χ0n) is 12.2. The first-order chi connectivity index (χ1) is 10.9. The molecule has 1 aromatic carbocycles. The van der Waals surface area contributed by atoms with Crippen LogP contribution in [0.4, 0.5) is 14.5 Å². The number of ether oxygens (including phenoxy) is 2. The van der Waals surface area contributed by atoms with Crippen LogP contribution in [0.15, 0.2) is 18.2 Å². The molecule has 1 aromatic rings. The van der Waals surface area contributed by atoms with E-state index in [9.17, 15) is 18.8 Å². The van der Waals surface area contributed by atoms with Crippen molar-refractivity contribution >= 4 is 11.6 Å². The SMILES string of the molecule is N#CC1(C(=O)Nc2ccc3c(c2)OC(F)(F)O3)CC12CCCC2. The third kappa shape index (κ3) is 1.97. The van der Waals surface area contributed by atoms with E-state index in [0.29, 0.717) is 12.1 Å². The Morgan fingerprint density at radius 1 is 1.22 bits per heavy atom. The van der Waals surface area contributed by atoms with Crippen molar-refractivity contribution in [2.45, 2.75) is 38.4 Å². The number of nitriles is 1. The van der Waals surface area contributed by atoms with Crippen LogP contribution in [-0.4, -0.2) is 12.2 Å². The van der Waals surface area contributed by atoms with Gasteiger partial charge in [-0.1, -0.05) is 12.8 Å². The molecule has 3 aliphatic rings. The molecule has 1 amide bonds. The maximum atomic E-state index is 13.0. The Bertz CT molecular complexity index is 737. The normalized spacial score (nSPS) is 28.4. The first-order valence-electron chi connectivity index (χ1n) is 7.52. The van der Waals surface area contributed by atoms with Crippen molar-refractivity contribution < 1.29 is 23.0 Å². The number of hydrogen-bond acceptors (Lipinski definition) is 4. The van der Waals surface area contributed by atoms with Gasteiger partial charge in [-0.3, -0.25) is 4.79 Å². The Hall–Kier alpha value is -2.36. The number of benzene rings is 1. The molecule has 1 atom stereocenters. The first kappa shape index (κ1) is 14.2. The number of anilines is 1. The number of nitrogens with zero attached hydrogens (tertiary/aromatic N) is 1. The molecule has 0 aromatic heterocycles. The summed E-state index contributed by atoms with van der Waals surface area (Å²) in [6.07, 6.45) is 0.739. The second-order valence-electron chi connectivity index (χ2n) is 6.46. The van der Waals surface area contributed by atoms with Gasteiger partial charge in [0.05, 0.1) is 6.07 Å². The Morgan fingerprint density at radius 3 is 2.61 bits per heavy atom. The highest BCUT2D eigenvalue weighted by molar-refractivity contribution is 6.00. The molecule has 2 saturated carbocycles. The fraction of sp³-hybridized carbons (Fsp3) is 0.500. The highest BCUT2D eigenvalue weighted by Gasteiger charge is 2.72. The summed E-state index contributed by atoms with van der Waals surface area (Å²) in [4.78, 5) is 12.6. The van der Waals surface area contributed by atoms with Gasteiger partial charge in [0, 0.05) is 17.2 Å². The van der Waals surface area contributed by atoms with Gasteiger partial charge in [0.25, 0.3) is 0 Å². The van der Waals surface area contributed by atoms with Crippen molar-refractivity contribution in [3.8, 4) is 17.6 Å². The van der Waals surface area contributed by atoms with Crippen LogP contribution in [0.3, 0.4) is 0 Å². The molecule has 5 nitrogen and oxygen atoms in total. The zero-order valence-corrected chi connectivity index (χ0v) is 12.2. The Labute approximate surface area is 131 Å². The van der Waals surface area contributed by atoms with Crippen LogP contribution < -0.4 is 14.8 Å². The van der Waals surface area contributed by atoms with Gasteiger partial charge in [-0.15, -0.1) is 8.78 Å². The minimum absolute atomic E-state index is 0.0818. The van der Waals surface area contributed by atoms with E-state index in [-0.39, 0.29) is 22.8 Å². The van der Waals surface area contributed by atoms with Gasteiger partial charge in [0.15, 0.2) is 11.5 Å². The lowest BCUT2D eigenvalue weighted by atomic mass is 9.91. The smallest absolute Gasteiger partial charge is 0.395 e. The molecule has 0 saturated heterocycles. The van der Waals surface area contributed by atoms with Gasteiger partial charge in [0.1, 0.15) is 5.41 Å². The van der Waals surface area contributed by atoms with Crippen LogP contribution in [0.2, 0.25) is 0 Å². The molecular weight excluding hydrogens is 306 g/mol. The molecule has 7 heteroatoms. The summed E-state index contributed by atoms with van der Waals surface area (Å²) in [6.45, 7) is 0. The molecule has 1 heterocycles. The molecule has 1 unspecified atom stereocenters. The Balaban J connectivity index is 1.54. The summed E-state index contributed by atoms with van der Waals surface area (Å²) in [5.41, 5.74) is -0.885. The molecule has 1 spiro atoms. The summed E-state index contributed by atoms with van der Waals surface area (Å²) in [7, 11) is 0. The number of carbonyl (C=O) groups excluding carboxylic acids is 1. The summed E-state index contributed by atoms with van der Waals surface area (Å²) in [5.74, 6) is -0.584. The minimum Gasteiger partial charge on any atom is -0.395 e. The van der Waals surface area contributed by atoms with Gasteiger partial charge >= 0.3 is 6.29 Å². The largest absolute Gasteiger partial charge is 0.586 e. The van der Waals surface area contributed by atoms with Crippen LogP contribution in [0, 0.1) is 22.2 Å². The molecule has 120 valence electrons. The Kier molecular flexibility index (Phi) is 2.69. The van der Waals surface area contributed by atoms with Crippen molar-refractivity contribution in [3.63, 3.8) is 0 Å². The van der Waals surface area contributed by atoms with E-state index >= 15 is 0 Å². The van der Waals surface area contributed by atoms with E-state index in [4.69, 9.17) is 0 Å². The molecular formula is C16H14F2N2O3. The van der Waals surface area contributed by atoms with E-state index in [1.807, 2.05) is 0 Å². The second-order valence-corrected chi connectivity index (χ2v) is 6.46. The zero-order chi connectivity index (χ0) is 16.3. The molecule has 1 aliphatic heterocycles. The standard InChI is InChI=1S/C16H14F2N2O3/c17-16(18)22-11-4-3-10(7-12(11)23-16)20-13(21)15(9-19)8-14(15)5-1-2-6-14/h3-4,7H,1-2,5-6,8H2,(H,20,21). The summed E-state index contributed by atoms with van der Waals surface area (Å²) in [6, 6.07) is 6.23. The molecule has 1 N–H and O–H groups in total. The van der Waals surface area contributed by atoms with Crippen LogP contribution in [0.1, 0.15) is 32.1 Å². The van der Waals surface area contributed by atoms with Crippen molar-refractivity contribution in [1.29, 1.82) is 5.26 Å². The fourth-order valence-electron chi connectivity index (χ4n) is 3.91. The highest BCUT2D eigenvalue weighted by Crippen LogP contribution is 2.71. The third-order valence-electron chi connectivity index (χ3n) is 5.18. The molecule has 4 rings (SSSR count). The van der Waals surface area contributed by atoms with Gasteiger partial charge in [-0.2, -0.15) is 5.26 Å². The van der Waals surface area contributed by atoms with Crippen molar-refractivity contribution in [3.05, 3.63) is 18.2 Å². The summed E-state index contributed by atoms with van der Waals surface area (Å²) >= 11 is 0. The van der Waals surface area contributed by atoms with Crippen molar-refractivity contribution in [2.75, 3.05) is 5.32 Å². The maximum absolute atomic E-state index is 13.0. The lowest BCUT2D eigenvalue weighted by molar-refractivity contribution is -0.286. The van der Waals surface area contributed by atoms with Crippen molar-refractivity contribution in [2.24, 2.45) is 10.8 Å². The van der Waals surface area contributed by atoms with Gasteiger partial charge < -0.3 is 14.8 Å². The highest BCUT2D eigenvalue weighted by atomic mass is 19.3. The number of rotatable bonds is 2. The summed E-state index contributed by atoms with van der Waals surface area (Å²) < 4.78 is 34.7. The molecule has 2 aliphatic carbocycles. The number of carbonyl (C=O) groups is 1. The van der Waals surface area contributed by atoms with Crippen LogP contribution >= 0.6 is 0 Å². The fourth-order valence-corrected chi connectivity index (χ4v) is 3.91. The number of halogens is 2. The lowest BCUT2D eigenvalue weighted by Crippen LogP contribution is -2.28. The molecule has 2 fully saturated rings. The number of amides is 1. The number of fused-ring (bicyclic) bond motifs is 1. The van der Waals surface area contributed by atoms with Gasteiger partial charge in [0.2, 0.25) is 5.91 Å². The quantitative estimate of drug-likeness (QED) is 0.906. The number of hydrogen-bond donors (Lipinski definition) is 1. The average molecular weight is 320 g/mol. The lowest BCUT2D eigenvalue weighted by Gasteiger charge is -2.15. The van der Waals surface area contributed by atoms with Crippen LogP contribution in [0.25, 0.3) is 0 Å². The van der Waals surface area contributed by atoms with E-state index < -0.39 is 11.7 Å². The van der Waals surface area contributed by atoms with Gasteiger partial charge in [-0.05, 0) is 31.4 Å². The predicted octanol–water partition coefficient (Wildman–Crippen LogP) is 3.42. The molecule has 0 radical (unpaired) electrons. The number of nitrogens with one attached hydrogen (secondary N) is 1. The Morgan fingerprint density at radius 2 is 1.91 bits per heavy atom. The summed E-state index contributed by atoms with van der Waals surface area (Å²) in [5, 5.41) is 12.2. The van der Waals surface area contributed by atoms with Crippen molar-refractivity contribution in [1.82, 2.24) is 0 Å². The first-order valence-corrected chi connectivity index (χ1v) is 7.52. The van der Waals surface area contributed by atoms with Crippen LogP contribution in [-0.2, 0) is 4.79 Å². The predicted molar refractivity (Wildman–Crippen MR) is 74.8 cm³/mol. The van der Waals surface area contributed by atoms with Crippen LogP contribution in [0.5, 0.6) is 11.5 Å².